The molecule has 1 saturated carbocycles. The zero-order chi connectivity index (χ0) is 22.2. The normalized spacial score (nSPS) is 13.5. The Kier molecular flexibility index (Phi) is 4.95. The molecule has 0 amide bonds. The van der Waals surface area contributed by atoms with Gasteiger partial charge in [-0.15, -0.1) is 0 Å². The number of fused-ring (bicyclic) bond motifs is 1. The van der Waals surface area contributed by atoms with Crippen molar-refractivity contribution in [1.29, 1.82) is 0 Å². The molecular formula is C28H26N4O. The molecule has 3 aromatic carbocycles. The van der Waals surface area contributed by atoms with E-state index in [2.05, 4.69) is 65.2 Å². The number of hydrogen-bond donors (Lipinski definition) is 0. The first-order valence-corrected chi connectivity index (χ1v) is 11.6. The molecule has 5 heteroatoms. The molecule has 0 atom stereocenters. The van der Waals surface area contributed by atoms with E-state index in [0.717, 1.165) is 34.7 Å². The van der Waals surface area contributed by atoms with Gasteiger partial charge in [-0.2, -0.15) is 10.2 Å². The first-order valence-electron chi connectivity index (χ1n) is 11.6. The van der Waals surface area contributed by atoms with Gasteiger partial charge in [0.25, 0.3) is 0 Å². The van der Waals surface area contributed by atoms with Gasteiger partial charge in [0.1, 0.15) is 12.4 Å². The molecule has 0 unspecified atom stereocenters. The lowest BCUT2D eigenvalue weighted by Crippen LogP contribution is -2.00. The van der Waals surface area contributed by atoms with Crippen LogP contribution >= 0.6 is 0 Å². The van der Waals surface area contributed by atoms with E-state index < -0.39 is 0 Å². The van der Waals surface area contributed by atoms with Gasteiger partial charge >= 0.3 is 0 Å². The molecule has 0 N–H and O–H groups in total. The number of ether oxygens (including phenoxy) is 1. The van der Waals surface area contributed by atoms with E-state index in [-0.39, 0.29) is 0 Å². The van der Waals surface area contributed by atoms with E-state index >= 15 is 0 Å². The molecule has 6 rings (SSSR count). The number of hydrogen-bond acceptors (Lipinski definition) is 3. The summed E-state index contributed by atoms with van der Waals surface area (Å²) in [5.74, 6) is 0.846. The summed E-state index contributed by atoms with van der Waals surface area (Å²) in [6, 6.07) is 27.6. The summed E-state index contributed by atoms with van der Waals surface area (Å²) in [5.41, 5.74) is 6.78. The maximum Gasteiger partial charge on any atom is 0.119 e. The molecule has 0 aliphatic heterocycles. The first kappa shape index (κ1) is 19.8. The topological polar surface area (TPSA) is 44.9 Å². The molecule has 5 nitrogen and oxygen atoms in total. The lowest BCUT2D eigenvalue weighted by Gasteiger charge is -2.11. The molecule has 1 fully saturated rings. The van der Waals surface area contributed by atoms with Gasteiger partial charge < -0.3 is 4.74 Å². The molecule has 2 aromatic heterocycles. The van der Waals surface area contributed by atoms with Crippen molar-refractivity contribution in [2.45, 2.75) is 38.8 Å². The minimum atomic E-state index is 0.552. The van der Waals surface area contributed by atoms with Crippen LogP contribution in [0.25, 0.3) is 27.8 Å². The number of rotatable bonds is 7. The lowest BCUT2D eigenvalue weighted by atomic mass is 10.1. The Morgan fingerprint density at radius 1 is 0.939 bits per heavy atom. The maximum atomic E-state index is 5.94. The Bertz CT molecular complexity index is 1400. The highest BCUT2D eigenvalue weighted by molar-refractivity contribution is 5.86. The van der Waals surface area contributed by atoms with Crippen LogP contribution in [0.4, 0.5) is 0 Å². The van der Waals surface area contributed by atoms with E-state index in [4.69, 9.17) is 9.84 Å². The Hall–Kier alpha value is -3.86. The van der Waals surface area contributed by atoms with Gasteiger partial charge in [-0.25, -0.2) is 4.68 Å². The predicted octanol–water partition coefficient (Wildman–Crippen LogP) is 6.37. The van der Waals surface area contributed by atoms with E-state index in [1.165, 1.54) is 29.4 Å². The second kappa shape index (κ2) is 8.24. The van der Waals surface area contributed by atoms with E-state index in [9.17, 15) is 0 Å². The highest BCUT2D eigenvalue weighted by atomic mass is 16.5. The Balaban J connectivity index is 1.29. The number of benzene rings is 3. The fraction of sp³-hybridized carbons (Fsp3) is 0.214. The summed E-state index contributed by atoms with van der Waals surface area (Å²) in [6.45, 7) is 2.73. The molecule has 5 aromatic rings. The highest BCUT2D eigenvalue weighted by Crippen LogP contribution is 2.38. The molecule has 0 bridgehead atoms. The SMILES string of the molecule is CCc1nn(C2CC2)c2cc(-c3ccnn3-c3ccc(OCc4ccccc4)cc3)ccc12. The van der Waals surface area contributed by atoms with Crippen LogP contribution in [0.5, 0.6) is 5.75 Å². The van der Waals surface area contributed by atoms with Crippen molar-refractivity contribution in [2.24, 2.45) is 0 Å². The lowest BCUT2D eigenvalue weighted by molar-refractivity contribution is 0.306. The van der Waals surface area contributed by atoms with Crippen LogP contribution in [-0.2, 0) is 13.0 Å². The number of aromatic nitrogens is 4. The zero-order valence-electron chi connectivity index (χ0n) is 18.7. The van der Waals surface area contributed by atoms with Crippen molar-refractivity contribution in [3.05, 3.63) is 96.3 Å². The quantitative estimate of drug-likeness (QED) is 0.299. The predicted molar refractivity (Wildman–Crippen MR) is 131 cm³/mol. The van der Waals surface area contributed by atoms with Gasteiger partial charge in [-0.1, -0.05) is 49.4 Å². The summed E-state index contributed by atoms with van der Waals surface area (Å²) >= 11 is 0. The first-order chi connectivity index (χ1) is 16.3. The van der Waals surface area contributed by atoms with Crippen LogP contribution in [-0.4, -0.2) is 19.6 Å². The molecule has 0 spiro atoms. The highest BCUT2D eigenvalue weighted by Gasteiger charge is 2.27. The van der Waals surface area contributed by atoms with E-state index in [1.54, 1.807) is 0 Å². The third kappa shape index (κ3) is 3.80. The second-order valence-electron chi connectivity index (χ2n) is 8.60. The average molecular weight is 435 g/mol. The van der Waals surface area contributed by atoms with Gasteiger partial charge in [-0.05, 0) is 61.2 Å². The van der Waals surface area contributed by atoms with Gasteiger partial charge in [0.2, 0.25) is 0 Å². The van der Waals surface area contributed by atoms with Crippen LogP contribution in [0, 0.1) is 0 Å². The van der Waals surface area contributed by atoms with Gasteiger partial charge in [0.05, 0.1) is 34.8 Å². The molecule has 0 saturated heterocycles. The largest absolute Gasteiger partial charge is 0.489 e. The third-order valence-electron chi connectivity index (χ3n) is 6.28. The standard InChI is InChI=1S/C28H26N4O/c1-2-26-25-15-8-21(18-28(25)32(30-26)23-9-10-23)27-16-17-29-31(27)22-11-13-24(14-12-22)33-19-20-6-4-3-5-7-20/h3-8,11-18,23H,2,9-10,19H2,1H3. The second-order valence-corrected chi connectivity index (χ2v) is 8.60. The van der Waals surface area contributed by atoms with Crippen molar-refractivity contribution in [2.75, 3.05) is 0 Å². The van der Waals surface area contributed by atoms with Crippen molar-refractivity contribution >= 4 is 10.9 Å². The van der Waals surface area contributed by atoms with Crippen molar-refractivity contribution in [3.63, 3.8) is 0 Å². The van der Waals surface area contributed by atoms with E-state index in [1.807, 2.05) is 41.2 Å². The van der Waals surface area contributed by atoms with Crippen LogP contribution in [0.1, 0.15) is 37.1 Å². The molecular weight excluding hydrogens is 408 g/mol. The van der Waals surface area contributed by atoms with Crippen molar-refractivity contribution < 1.29 is 4.74 Å². The van der Waals surface area contributed by atoms with Crippen molar-refractivity contribution in [1.82, 2.24) is 19.6 Å². The van der Waals surface area contributed by atoms with Crippen LogP contribution in [0.2, 0.25) is 0 Å². The minimum Gasteiger partial charge on any atom is -0.489 e. The third-order valence-corrected chi connectivity index (χ3v) is 6.28. The van der Waals surface area contributed by atoms with Crippen LogP contribution in [0.15, 0.2) is 85.1 Å². The van der Waals surface area contributed by atoms with Crippen molar-refractivity contribution in [3.8, 4) is 22.7 Å². The Morgan fingerprint density at radius 3 is 2.52 bits per heavy atom. The minimum absolute atomic E-state index is 0.552. The molecule has 164 valence electrons. The van der Waals surface area contributed by atoms with Gasteiger partial charge in [-0.3, -0.25) is 4.68 Å². The maximum absolute atomic E-state index is 5.94. The summed E-state index contributed by atoms with van der Waals surface area (Å²) in [4.78, 5) is 0. The summed E-state index contributed by atoms with van der Waals surface area (Å²) < 4.78 is 10.2. The molecule has 0 radical (unpaired) electrons. The average Bonchev–Trinajstić information content (AvgIpc) is 3.47. The smallest absolute Gasteiger partial charge is 0.119 e. The monoisotopic (exact) mass is 434 g/mol. The zero-order valence-corrected chi connectivity index (χ0v) is 18.7. The Labute approximate surface area is 193 Å². The molecule has 2 heterocycles. The molecule has 1 aliphatic carbocycles. The summed E-state index contributed by atoms with van der Waals surface area (Å²) in [5, 5.41) is 10.8. The number of aryl methyl sites for hydroxylation is 1. The summed E-state index contributed by atoms with van der Waals surface area (Å²) in [7, 11) is 0. The molecule has 33 heavy (non-hydrogen) atoms. The van der Waals surface area contributed by atoms with Gasteiger partial charge in [0.15, 0.2) is 0 Å². The van der Waals surface area contributed by atoms with Crippen LogP contribution in [0.3, 0.4) is 0 Å². The fourth-order valence-electron chi connectivity index (χ4n) is 4.37. The Morgan fingerprint density at radius 2 is 1.76 bits per heavy atom. The fourth-order valence-corrected chi connectivity index (χ4v) is 4.37. The van der Waals surface area contributed by atoms with E-state index in [0.29, 0.717) is 12.6 Å². The summed E-state index contributed by atoms with van der Waals surface area (Å²) in [6.07, 6.45) is 5.25. The number of nitrogens with zero attached hydrogens (tertiary/aromatic N) is 4. The van der Waals surface area contributed by atoms with Crippen LogP contribution < -0.4 is 4.74 Å². The van der Waals surface area contributed by atoms with Gasteiger partial charge in [0, 0.05) is 10.9 Å². The molecule has 1 aliphatic rings.